The summed E-state index contributed by atoms with van der Waals surface area (Å²) in [6, 6.07) is 14.5. The number of nitrogens with zero attached hydrogens (tertiary/aromatic N) is 1. The second-order valence-electron chi connectivity index (χ2n) is 7.46. The van der Waals surface area contributed by atoms with Gasteiger partial charge in [-0.2, -0.15) is 0 Å². The van der Waals surface area contributed by atoms with Gasteiger partial charge in [0.05, 0.1) is 11.7 Å². The van der Waals surface area contributed by atoms with Crippen LogP contribution in [-0.2, 0) is 4.74 Å². The summed E-state index contributed by atoms with van der Waals surface area (Å²) in [4.78, 5) is 14.8. The minimum Gasteiger partial charge on any atom is -0.507 e. The Morgan fingerprint density at radius 1 is 1.11 bits per heavy atom. The van der Waals surface area contributed by atoms with E-state index in [4.69, 9.17) is 4.74 Å². The van der Waals surface area contributed by atoms with Crippen LogP contribution in [0.1, 0.15) is 36.0 Å². The minimum absolute atomic E-state index is 0.0209. The number of piperidine rings is 1. The number of phenolic OH excluding ortho intramolecular Hbond substituents is 1. The van der Waals surface area contributed by atoms with Gasteiger partial charge in [-0.25, -0.2) is 0 Å². The monoisotopic (exact) mass is 367 g/mol. The predicted molar refractivity (Wildman–Crippen MR) is 103 cm³/mol. The van der Waals surface area contributed by atoms with Crippen molar-refractivity contribution >= 4 is 5.91 Å². The highest BCUT2D eigenvalue weighted by Gasteiger charge is 2.44. The van der Waals surface area contributed by atoms with Gasteiger partial charge in [0, 0.05) is 30.8 Å². The maximum atomic E-state index is 13.0. The van der Waals surface area contributed by atoms with E-state index in [0.717, 1.165) is 18.4 Å². The molecule has 2 aliphatic heterocycles. The zero-order chi connectivity index (χ0) is 18.9. The van der Waals surface area contributed by atoms with Gasteiger partial charge in [-0.05, 0) is 49.4 Å². The van der Waals surface area contributed by atoms with Crippen LogP contribution in [0.25, 0.3) is 11.1 Å². The molecule has 1 atom stereocenters. The molecule has 2 saturated heterocycles. The van der Waals surface area contributed by atoms with Crippen LogP contribution in [0.2, 0.25) is 0 Å². The Hall–Kier alpha value is -2.37. The SMILES string of the molecule is O=C(c1cccc(-c2ccccc2O)c1)N1CCC2(CC1)OCCC[C@@H]2O. The molecular formula is C22H25NO4. The highest BCUT2D eigenvalue weighted by Crippen LogP contribution is 2.36. The topological polar surface area (TPSA) is 70.0 Å². The van der Waals surface area contributed by atoms with Crippen molar-refractivity contribution in [2.75, 3.05) is 19.7 Å². The highest BCUT2D eigenvalue weighted by molar-refractivity contribution is 5.95. The van der Waals surface area contributed by atoms with E-state index in [0.29, 0.717) is 43.7 Å². The van der Waals surface area contributed by atoms with Crippen molar-refractivity contribution in [1.82, 2.24) is 4.90 Å². The normalized spacial score (nSPS) is 22.0. The summed E-state index contributed by atoms with van der Waals surface area (Å²) in [5.74, 6) is 0.179. The molecule has 2 heterocycles. The van der Waals surface area contributed by atoms with Crippen LogP contribution in [-0.4, -0.2) is 52.4 Å². The Kier molecular flexibility index (Phi) is 4.89. The van der Waals surface area contributed by atoms with E-state index in [2.05, 4.69) is 0 Å². The van der Waals surface area contributed by atoms with Crippen molar-refractivity contribution in [2.45, 2.75) is 37.4 Å². The number of para-hydroxylation sites is 1. The summed E-state index contributed by atoms with van der Waals surface area (Å²) >= 11 is 0. The summed E-state index contributed by atoms with van der Waals surface area (Å²) in [6.45, 7) is 1.85. The second kappa shape index (κ2) is 7.33. The van der Waals surface area contributed by atoms with Crippen LogP contribution in [0.15, 0.2) is 48.5 Å². The Bertz CT molecular complexity index is 827. The van der Waals surface area contributed by atoms with Crippen molar-refractivity contribution in [3.05, 3.63) is 54.1 Å². The molecule has 4 rings (SSSR count). The molecule has 1 amide bonds. The number of amides is 1. The molecule has 0 aliphatic carbocycles. The molecule has 0 aromatic heterocycles. The lowest BCUT2D eigenvalue weighted by Crippen LogP contribution is -2.56. The van der Waals surface area contributed by atoms with E-state index < -0.39 is 11.7 Å². The van der Waals surface area contributed by atoms with Crippen molar-refractivity contribution in [1.29, 1.82) is 0 Å². The van der Waals surface area contributed by atoms with E-state index >= 15 is 0 Å². The van der Waals surface area contributed by atoms with Crippen LogP contribution in [0, 0.1) is 0 Å². The molecule has 5 nitrogen and oxygen atoms in total. The maximum absolute atomic E-state index is 13.0. The standard InChI is InChI=1S/C22H25NO4/c24-19-8-2-1-7-18(19)16-5-3-6-17(15-16)21(26)23-12-10-22(11-13-23)20(25)9-4-14-27-22/h1-3,5-8,15,20,24-25H,4,9-14H2/t20-/m0/s1. The van der Waals surface area contributed by atoms with Gasteiger partial charge in [0.1, 0.15) is 5.75 Å². The van der Waals surface area contributed by atoms with Gasteiger partial charge in [0.2, 0.25) is 0 Å². The van der Waals surface area contributed by atoms with Crippen LogP contribution < -0.4 is 0 Å². The first-order valence-corrected chi connectivity index (χ1v) is 9.59. The fraction of sp³-hybridized carbons (Fsp3) is 0.409. The number of benzene rings is 2. The Morgan fingerprint density at radius 3 is 2.63 bits per heavy atom. The number of phenols is 1. The number of aliphatic hydroxyl groups is 1. The lowest BCUT2D eigenvalue weighted by Gasteiger charge is -2.46. The van der Waals surface area contributed by atoms with Crippen LogP contribution in [0.3, 0.4) is 0 Å². The Balaban J connectivity index is 1.49. The van der Waals surface area contributed by atoms with E-state index in [1.807, 2.05) is 41.3 Å². The van der Waals surface area contributed by atoms with Crippen LogP contribution in [0.5, 0.6) is 5.75 Å². The van der Waals surface area contributed by atoms with Crippen LogP contribution in [0.4, 0.5) is 0 Å². The molecule has 5 heteroatoms. The fourth-order valence-corrected chi connectivity index (χ4v) is 4.20. The average Bonchev–Trinajstić information content (AvgIpc) is 2.71. The summed E-state index contributed by atoms with van der Waals surface area (Å²) < 4.78 is 5.93. The van der Waals surface area contributed by atoms with Gasteiger partial charge >= 0.3 is 0 Å². The van der Waals surface area contributed by atoms with Crippen molar-refractivity contribution in [3.63, 3.8) is 0 Å². The number of rotatable bonds is 2. The zero-order valence-electron chi connectivity index (χ0n) is 15.3. The molecule has 0 unspecified atom stereocenters. The predicted octanol–water partition coefficient (Wildman–Crippen LogP) is 3.21. The van der Waals surface area contributed by atoms with E-state index in [9.17, 15) is 15.0 Å². The van der Waals surface area contributed by atoms with E-state index in [1.165, 1.54) is 0 Å². The molecule has 2 aromatic rings. The molecule has 27 heavy (non-hydrogen) atoms. The Labute approximate surface area is 159 Å². The van der Waals surface area contributed by atoms with Gasteiger partial charge < -0.3 is 19.8 Å². The largest absolute Gasteiger partial charge is 0.507 e. The molecule has 0 radical (unpaired) electrons. The number of hydrogen-bond donors (Lipinski definition) is 2. The molecule has 2 N–H and O–H groups in total. The first-order valence-electron chi connectivity index (χ1n) is 9.59. The van der Waals surface area contributed by atoms with E-state index in [1.54, 1.807) is 12.1 Å². The summed E-state index contributed by atoms with van der Waals surface area (Å²) in [6.07, 6.45) is 2.56. The molecule has 2 aromatic carbocycles. The zero-order valence-corrected chi connectivity index (χ0v) is 15.3. The average molecular weight is 367 g/mol. The van der Waals surface area contributed by atoms with Crippen molar-refractivity contribution in [2.24, 2.45) is 0 Å². The number of aromatic hydroxyl groups is 1. The lowest BCUT2D eigenvalue weighted by atomic mass is 9.82. The molecule has 0 saturated carbocycles. The number of likely N-dealkylation sites (tertiary alicyclic amines) is 1. The Morgan fingerprint density at radius 2 is 1.89 bits per heavy atom. The smallest absolute Gasteiger partial charge is 0.253 e. The van der Waals surface area contributed by atoms with Crippen molar-refractivity contribution in [3.8, 4) is 16.9 Å². The first-order chi connectivity index (χ1) is 13.1. The first kappa shape index (κ1) is 18.0. The summed E-state index contributed by atoms with van der Waals surface area (Å²) in [5.41, 5.74) is 1.66. The molecule has 2 aliphatic rings. The number of hydrogen-bond acceptors (Lipinski definition) is 4. The lowest BCUT2D eigenvalue weighted by molar-refractivity contribution is -0.174. The number of ether oxygens (including phenoxy) is 1. The van der Waals surface area contributed by atoms with Gasteiger partial charge in [-0.1, -0.05) is 30.3 Å². The third kappa shape index (κ3) is 3.45. The molecule has 2 fully saturated rings. The maximum Gasteiger partial charge on any atom is 0.253 e. The van der Waals surface area contributed by atoms with Gasteiger partial charge in [-0.3, -0.25) is 4.79 Å². The molecule has 0 bridgehead atoms. The second-order valence-corrected chi connectivity index (χ2v) is 7.46. The third-order valence-corrected chi connectivity index (χ3v) is 5.84. The molecular weight excluding hydrogens is 342 g/mol. The van der Waals surface area contributed by atoms with E-state index in [-0.39, 0.29) is 11.7 Å². The van der Waals surface area contributed by atoms with Gasteiger partial charge in [0.15, 0.2) is 0 Å². The highest BCUT2D eigenvalue weighted by atomic mass is 16.5. The third-order valence-electron chi connectivity index (χ3n) is 5.84. The summed E-state index contributed by atoms with van der Waals surface area (Å²) in [5, 5.41) is 20.4. The van der Waals surface area contributed by atoms with Crippen LogP contribution >= 0.6 is 0 Å². The van der Waals surface area contributed by atoms with Gasteiger partial charge in [0.25, 0.3) is 5.91 Å². The van der Waals surface area contributed by atoms with Crippen molar-refractivity contribution < 1.29 is 19.7 Å². The fourth-order valence-electron chi connectivity index (χ4n) is 4.20. The molecule has 142 valence electrons. The minimum atomic E-state index is -0.479. The quantitative estimate of drug-likeness (QED) is 0.855. The number of aliphatic hydroxyl groups excluding tert-OH is 1. The number of carbonyl (C=O) groups excluding carboxylic acids is 1. The molecule has 1 spiro atoms. The van der Waals surface area contributed by atoms with Gasteiger partial charge in [-0.15, -0.1) is 0 Å². The summed E-state index contributed by atoms with van der Waals surface area (Å²) in [7, 11) is 0. The number of carbonyl (C=O) groups is 1.